The number of hydrogen-bond acceptors (Lipinski definition) is 2. The van der Waals surface area contributed by atoms with Crippen molar-refractivity contribution >= 4 is 11.8 Å². The normalized spacial score (nSPS) is 33.1. The summed E-state index contributed by atoms with van der Waals surface area (Å²) < 4.78 is 0. The van der Waals surface area contributed by atoms with Crippen LogP contribution in [-0.2, 0) is 4.79 Å². The summed E-state index contributed by atoms with van der Waals surface area (Å²) in [5.74, 6) is 0.219. The van der Waals surface area contributed by atoms with Crippen LogP contribution in [0, 0.1) is 0 Å². The largest absolute Gasteiger partial charge is 0.320 e. The third kappa shape index (κ3) is 1.04. The Labute approximate surface area is 77.5 Å². The van der Waals surface area contributed by atoms with Crippen LogP contribution in [0.1, 0.15) is 19.8 Å². The summed E-state index contributed by atoms with van der Waals surface area (Å²) in [6.45, 7) is 2.62. The maximum Gasteiger partial charge on any atom is 0.320 e. The molecule has 0 aromatic carbocycles. The van der Waals surface area contributed by atoms with E-state index in [-0.39, 0.29) is 23.9 Å². The summed E-state index contributed by atoms with van der Waals surface area (Å²) >= 11 is 0. The molecule has 0 spiro atoms. The van der Waals surface area contributed by atoms with Gasteiger partial charge in [0.25, 0.3) is 0 Å². The monoisotopic (exact) mass is 182 g/mol. The minimum atomic E-state index is -0.171. The Morgan fingerprint density at radius 1 is 1.46 bits per heavy atom. The van der Waals surface area contributed by atoms with E-state index in [0.29, 0.717) is 13.0 Å². The van der Waals surface area contributed by atoms with Gasteiger partial charge in [-0.2, -0.15) is 0 Å². The second-order valence-electron chi connectivity index (χ2n) is 3.79. The Morgan fingerprint density at radius 2 is 2.15 bits per heavy atom. The molecule has 2 rings (SSSR count). The molecule has 2 amide bonds. The van der Waals surface area contributed by atoms with Crippen molar-refractivity contribution in [2.75, 3.05) is 13.6 Å². The van der Waals surface area contributed by atoms with Gasteiger partial charge >= 0.3 is 6.03 Å². The lowest BCUT2D eigenvalue weighted by atomic mass is 9.97. The number of piperidine rings is 1. The van der Waals surface area contributed by atoms with Gasteiger partial charge in [-0.05, 0) is 6.42 Å². The number of fused-ring (bicyclic) bond motifs is 2. The highest BCUT2D eigenvalue weighted by Crippen LogP contribution is 2.27. The summed E-state index contributed by atoms with van der Waals surface area (Å²) in [5, 5.41) is 0. The molecule has 0 radical (unpaired) electrons. The van der Waals surface area contributed by atoms with E-state index in [9.17, 15) is 9.59 Å². The molecule has 72 valence electrons. The topological polar surface area (TPSA) is 40.6 Å². The minimum Gasteiger partial charge on any atom is -0.319 e. The van der Waals surface area contributed by atoms with Crippen LogP contribution in [0.2, 0.25) is 0 Å². The molecule has 0 unspecified atom stereocenters. The summed E-state index contributed by atoms with van der Waals surface area (Å²) in [7, 11) is 1.71. The van der Waals surface area contributed by atoms with Gasteiger partial charge in [0.1, 0.15) is 6.04 Å². The lowest BCUT2D eigenvalue weighted by Crippen LogP contribution is -2.44. The number of ketones is 1. The van der Waals surface area contributed by atoms with Gasteiger partial charge in [0.15, 0.2) is 5.78 Å². The average molecular weight is 182 g/mol. The van der Waals surface area contributed by atoms with Gasteiger partial charge in [-0.25, -0.2) is 4.79 Å². The highest BCUT2D eigenvalue weighted by atomic mass is 16.2. The molecule has 0 N–H and O–H groups in total. The van der Waals surface area contributed by atoms with Crippen LogP contribution < -0.4 is 0 Å². The zero-order valence-corrected chi connectivity index (χ0v) is 7.99. The van der Waals surface area contributed by atoms with E-state index in [2.05, 4.69) is 0 Å². The third-order valence-electron chi connectivity index (χ3n) is 3.11. The SMILES string of the molecule is CC[C@@H]1CC(=O)[C@@H]2CN1C(=O)N2C. The van der Waals surface area contributed by atoms with Gasteiger partial charge < -0.3 is 9.80 Å². The molecule has 0 aromatic heterocycles. The van der Waals surface area contributed by atoms with Gasteiger partial charge in [-0.15, -0.1) is 0 Å². The maximum absolute atomic E-state index is 11.6. The number of hydrogen-bond donors (Lipinski definition) is 0. The van der Waals surface area contributed by atoms with Crippen molar-refractivity contribution in [1.29, 1.82) is 0 Å². The Kier molecular flexibility index (Phi) is 1.78. The van der Waals surface area contributed by atoms with E-state index >= 15 is 0 Å². The predicted molar refractivity (Wildman–Crippen MR) is 47.4 cm³/mol. The molecule has 4 nitrogen and oxygen atoms in total. The Balaban J connectivity index is 2.27. The van der Waals surface area contributed by atoms with Crippen LogP contribution >= 0.6 is 0 Å². The molecule has 2 saturated heterocycles. The molecule has 4 heteroatoms. The fourth-order valence-corrected chi connectivity index (χ4v) is 2.19. The first kappa shape index (κ1) is 8.53. The lowest BCUT2D eigenvalue weighted by molar-refractivity contribution is -0.124. The van der Waals surface area contributed by atoms with Crippen molar-refractivity contribution in [1.82, 2.24) is 9.80 Å². The average Bonchev–Trinajstić information content (AvgIpc) is 2.38. The number of rotatable bonds is 1. The molecular formula is C9H14N2O2. The number of carbonyl (C=O) groups excluding carboxylic acids is 2. The smallest absolute Gasteiger partial charge is 0.319 e. The summed E-state index contributed by atoms with van der Waals surface area (Å²) in [6, 6.07) is -0.0146. The summed E-state index contributed by atoms with van der Waals surface area (Å²) in [6.07, 6.45) is 1.41. The molecule has 0 saturated carbocycles. The standard InChI is InChI=1S/C9H14N2O2/c1-3-6-4-8(12)7-5-11(6)9(13)10(7)2/h6-7H,3-5H2,1-2H3/t6-,7+/m1/s1. The molecule has 2 bridgehead atoms. The van der Waals surface area contributed by atoms with Crippen molar-refractivity contribution in [2.24, 2.45) is 0 Å². The zero-order chi connectivity index (χ0) is 9.59. The van der Waals surface area contributed by atoms with Crippen molar-refractivity contribution < 1.29 is 9.59 Å². The van der Waals surface area contributed by atoms with Crippen LogP contribution in [0.3, 0.4) is 0 Å². The fraction of sp³-hybridized carbons (Fsp3) is 0.778. The van der Waals surface area contributed by atoms with E-state index in [4.69, 9.17) is 0 Å². The fourth-order valence-electron chi connectivity index (χ4n) is 2.19. The number of urea groups is 1. The molecule has 2 aliphatic heterocycles. The maximum atomic E-state index is 11.6. The first-order chi connectivity index (χ1) is 6.15. The van der Waals surface area contributed by atoms with Crippen LogP contribution in [0.4, 0.5) is 4.79 Å². The van der Waals surface area contributed by atoms with E-state index in [1.807, 2.05) is 11.8 Å². The highest BCUT2D eigenvalue weighted by molar-refractivity contribution is 5.94. The Morgan fingerprint density at radius 3 is 2.77 bits per heavy atom. The van der Waals surface area contributed by atoms with Gasteiger partial charge in [-0.3, -0.25) is 4.79 Å². The number of amides is 2. The van der Waals surface area contributed by atoms with Gasteiger partial charge in [0, 0.05) is 19.5 Å². The molecule has 0 aromatic rings. The van der Waals surface area contributed by atoms with E-state index in [0.717, 1.165) is 6.42 Å². The van der Waals surface area contributed by atoms with Crippen molar-refractivity contribution in [3.8, 4) is 0 Å². The third-order valence-corrected chi connectivity index (χ3v) is 3.11. The Bertz CT molecular complexity index is 264. The molecule has 2 aliphatic rings. The quantitative estimate of drug-likeness (QED) is 0.591. The molecule has 2 fully saturated rings. The minimum absolute atomic E-state index is 0.0164. The first-order valence-corrected chi connectivity index (χ1v) is 4.71. The van der Waals surface area contributed by atoms with Crippen molar-refractivity contribution in [3.05, 3.63) is 0 Å². The second kappa shape index (κ2) is 2.72. The summed E-state index contributed by atoms with van der Waals surface area (Å²) in [5.41, 5.74) is 0. The van der Waals surface area contributed by atoms with Gasteiger partial charge in [-0.1, -0.05) is 6.92 Å². The van der Waals surface area contributed by atoms with Crippen molar-refractivity contribution in [2.45, 2.75) is 31.8 Å². The number of likely N-dealkylation sites (N-methyl/N-ethyl adjacent to an activating group) is 1. The zero-order valence-electron chi connectivity index (χ0n) is 7.99. The van der Waals surface area contributed by atoms with Crippen LogP contribution in [0.25, 0.3) is 0 Å². The molecule has 13 heavy (non-hydrogen) atoms. The highest BCUT2D eigenvalue weighted by Gasteiger charge is 2.46. The van der Waals surface area contributed by atoms with E-state index in [1.165, 1.54) is 0 Å². The van der Waals surface area contributed by atoms with Crippen LogP contribution in [-0.4, -0.2) is 47.3 Å². The van der Waals surface area contributed by atoms with Crippen LogP contribution in [0.5, 0.6) is 0 Å². The molecule has 0 aliphatic carbocycles. The van der Waals surface area contributed by atoms with Crippen molar-refractivity contribution in [3.63, 3.8) is 0 Å². The number of Topliss-reactive ketones (excluding diaryl/α,β-unsaturated/α-hetero) is 1. The Hall–Kier alpha value is -1.06. The lowest BCUT2D eigenvalue weighted by Gasteiger charge is -2.28. The molecule has 2 heterocycles. The number of nitrogens with zero attached hydrogens (tertiary/aromatic N) is 2. The second-order valence-corrected chi connectivity index (χ2v) is 3.79. The molecular weight excluding hydrogens is 168 g/mol. The van der Waals surface area contributed by atoms with Gasteiger partial charge in [0.2, 0.25) is 0 Å². The van der Waals surface area contributed by atoms with Gasteiger partial charge in [0.05, 0.1) is 6.54 Å². The number of carbonyl (C=O) groups is 2. The summed E-state index contributed by atoms with van der Waals surface area (Å²) in [4.78, 5) is 26.6. The van der Waals surface area contributed by atoms with Crippen LogP contribution in [0.15, 0.2) is 0 Å². The van der Waals surface area contributed by atoms with E-state index in [1.54, 1.807) is 11.9 Å². The first-order valence-electron chi connectivity index (χ1n) is 4.71. The van der Waals surface area contributed by atoms with E-state index < -0.39 is 0 Å². The molecule has 2 atom stereocenters. The predicted octanol–water partition coefficient (Wildman–Crippen LogP) is 0.474.